The molecule has 0 N–H and O–H groups in total. The standard InChI is InChI=1S/C18H18N2O/c1-3-10-20(12-14-8-9-14)18(21)16-11-13(2)19-17-7-5-4-6-15(16)17/h1,4-7,11,14H,8-10,12H2,2H3. The molecule has 3 heteroatoms. The van der Waals surface area contributed by atoms with Crippen LogP contribution in [0.1, 0.15) is 28.9 Å². The van der Waals surface area contributed by atoms with Crippen molar-refractivity contribution in [2.75, 3.05) is 13.1 Å². The Bertz CT molecular complexity index is 726. The third kappa shape index (κ3) is 2.90. The molecule has 0 saturated heterocycles. The summed E-state index contributed by atoms with van der Waals surface area (Å²) in [4.78, 5) is 19.1. The molecule has 0 bridgehead atoms. The van der Waals surface area contributed by atoms with Gasteiger partial charge in [-0.25, -0.2) is 0 Å². The first-order valence-electron chi connectivity index (χ1n) is 7.28. The molecule has 1 fully saturated rings. The molecule has 0 atom stereocenters. The molecule has 3 nitrogen and oxygen atoms in total. The Kier molecular flexibility index (Phi) is 3.62. The fraction of sp³-hybridized carbons (Fsp3) is 0.333. The molecule has 21 heavy (non-hydrogen) atoms. The number of fused-ring (bicyclic) bond motifs is 1. The van der Waals surface area contributed by atoms with Crippen molar-refractivity contribution in [1.82, 2.24) is 9.88 Å². The number of aromatic nitrogens is 1. The lowest BCUT2D eigenvalue weighted by Crippen LogP contribution is -2.33. The maximum absolute atomic E-state index is 12.9. The van der Waals surface area contributed by atoms with Crippen molar-refractivity contribution in [2.24, 2.45) is 5.92 Å². The Morgan fingerprint density at radius 3 is 2.90 bits per heavy atom. The second-order valence-corrected chi connectivity index (χ2v) is 5.66. The lowest BCUT2D eigenvalue weighted by Gasteiger charge is -2.21. The van der Waals surface area contributed by atoms with Crippen LogP contribution in [0.4, 0.5) is 0 Å². The monoisotopic (exact) mass is 278 g/mol. The van der Waals surface area contributed by atoms with E-state index >= 15 is 0 Å². The van der Waals surface area contributed by atoms with E-state index in [1.165, 1.54) is 12.8 Å². The van der Waals surface area contributed by atoms with E-state index in [0.717, 1.165) is 23.1 Å². The van der Waals surface area contributed by atoms with Crippen LogP contribution in [0, 0.1) is 25.2 Å². The first-order valence-corrected chi connectivity index (χ1v) is 7.28. The third-order valence-electron chi connectivity index (χ3n) is 3.82. The van der Waals surface area contributed by atoms with Gasteiger partial charge in [0.25, 0.3) is 5.91 Å². The molecule has 0 radical (unpaired) electrons. The smallest absolute Gasteiger partial charge is 0.255 e. The average molecular weight is 278 g/mol. The van der Waals surface area contributed by atoms with Crippen LogP contribution in [0.2, 0.25) is 0 Å². The van der Waals surface area contributed by atoms with E-state index in [-0.39, 0.29) is 5.91 Å². The fourth-order valence-corrected chi connectivity index (χ4v) is 2.60. The second kappa shape index (κ2) is 5.57. The summed E-state index contributed by atoms with van der Waals surface area (Å²) in [5.41, 5.74) is 2.41. The van der Waals surface area contributed by atoms with Gasteiger partial charge in [0.2, 0.25) is 0 Å². The topological polar surface area (TPSA) is 33.2 Å². The summed E-state index contributed by atoms with van der Waals surface area (Å²) in [5.74, 6) is 3.24. The molecular weight excluding hydrogens is 260 g/mol. The van der Waals surface area contributed by atoms with E-state index < -0.39 is 0 Å². The van der Waals surface area contributed by atoms with Crippen LogP contribution >= 0.6 is 0 Å². The van der Waals surface area contributed by atoms with E-state index in [2.05, 4.69) is 10.9 Å². The SMILES string of the molecule is C#CCN(CC1CC1)C(=O)c1cc(C)nc2ccccc12. The van der Waals surface area contributed by atoms with Crippen molar-refractivity contribution >= 4 is 16.8 Å². The average Bonchev–Trinajstić information content (AvgIpc) is 3.29. The number of carbonyl (C=O) groups is 1. The van der Waals surface area contributed by atoms with Gasteiger partial charge >= 0.3 is 0 Å². The zero-order chi connectivity index (χ0) is 14.8. The van der Waals surface area contributed by atoms with Crippen molar-refractivity contribution in [2.45, 2.75) is 19.8 Å². The summed E-state index contributed by atoms with van der Waals surface area (Å²) in [7, 11) is 0. The van der Waals surface area contributed by atoms with Crippen LogP contribution in [-0.4, -0.2) is 28.9 Å². The molecule has 1 aromatic carbocycles. The quantitative estimate of drug-likeness (QED) is 0.805. The normalized spacial score (nSPS) is 13.9. The summed E-state index contributed by atoms with van der Waals surface area (Å²) in [5, 5.41) is 0.894. The zero-order valence-corrected chi connectivity index (χ0v) is 12.2. The number of terminal acetylenes is 1. The first-order chi connectivity index (χ1) is 10.2. The third-order valence-corrected chi connectivity index (χ3v) is 3.82. The highest BCUT2D eigenvalue weighted by Gasteiger charge is 2.27. The molecule has 1 heterocycles. The second-order valence-electron chi connectivity index (χ2n) is 5.66. The van der Waals surface area contributed by atoms with Gasteiger partial charge in [0.15, 0.2) is 0 Å². The van der Waals surface area contributed by atoms with E-state index in [9.17, 15) is 4.79 Å². The summed E-state index contributed by atoms with van der Waals surface area (Å²) in [6, 6.07) is 9.61. The largest absolute Gasteiger partial charge is 0.327 e. The summed E-state index contributed by atoms with van der Waals surface area (Å²) in [6.45, 7) is 3.04. The van der Waals surface area contributed by atoms with Crippen LogP contribution in [0.15, 0.2) is 30.3 Å². The van der Waals surface area contributed by atoms with Crippen LogP contribution in [0.3, 0.4) is 0 Å². The number of amides is 1. The summed E-state index contributed by atoms with van der Waals surface area (Å²) < 4.78 is 0. The summed E-state index contributed by atoms with van der Waals surface area (Å²) in [6.07, 6.45) is 7.83. The van der Waals surface area contributed by atoms with Gasteiger partial charge in [-0.3, -0.25) is 9.78 Å². The van der Waals surface area contributed by atoms with Gasteiger partial charge in [-0.1, -0.05) is 24.1 Å². The molecule has 3 rings (SSSR count). The van der Waals surface area contributed by atoms with Crippen LogP contribution in [0.25, 0.3) is 10.9 Å². The molecule has 1 amide bonds. The Morgan fingerprint density at radius 2 is 2.19 bits per heavy atom. The van der Waals surface area contributed by atoms with Crippen LogP contribution in [0.5, 0.6) is 0 Å². The van der Waals surface area contributed by atoms with Crippen molar-refractivity contribution in [3.05, 3.63) is 41.6 Å². The van der Waals surface area contributed by atoms with E-state index in [4.69, 9.17) is 6.42 Å². The van der Waals surface area contributed by atoms with E-state index in [1.54, 1.807) is 4.90 Å². The number of hydrogen-bond acceptors (Lipinski definition) is 2. The molecule has 0 aliphatic heterocycles. The Hall–Kier alpha value is -2.34. The number of nitrogens with zero attached hydrogens (tertiary/aromatic N) is 2. The summed E-state index contributed by atoms with van der Waals surface area (Å²) >= 11 is 0. The highest BCUT2D eigenvalue weighted by molar-refractivity contribution is 6.06. The molecule has 0 unspecified atom stereocenters. The number of carbonyl (C=O) groups excluding carboxylic acids is 1. The molecule has 106 valence electrons. The van der Waals surface area contributed by atoms with Gasteiger partial charge in [-0.15, -0.1) is 6.42 Å². The molecule has 2 aromatic rings. The van der Waals surface area contributed by atoms with E-state index in [1.807, 2.05) is 37.3 Å². The van der Waals surface area contributed by atoms with Crippen molar-refractivity contribution in [3.8, 4) is 12.3 Å². The number of benzene rings is 1. The Labute approximate surface area is 125 Å². The van der Waals surface area contributed by atoms with E-state index in [0.29, 0.717) is 18.0 Å². The lowest BCUT2D eigenvalue weighted by atomic mass is 10.1. The minimum absolute atomic E-state index is 0.0153. The fourth-order valence-electron chi connectivity index (χ4n) is 2.60. The van der Waals surface area contributed by atoms with Gasteiger partial charge in [0.05, 0.1) is 17.6 Å². The molecular formula is C18H18N2O. The molecule has 1 aliphatic carbocycles. The predicted molar refractivity (Wildman–Crippen MR) is 83.9 cm³/mol. The molecule has 1 aliphatic rings. The number of pyridine rings is 1. The maximum Gasteiger partial charge on any atom is 0.255 e. The number of para-hydroxylation sites is 1. The van der Waals surface area contributed by atoms with Gasteiger partial charge in [0.1, 0.15) is 0 Å². The number of rotatable bonds is 4. The number of hydrogen-bond donors (Lipinski definition) is 0. The van der Waals surface area contributed by atoms with Gasteiger partial charge in [-0.05, 0) is 37.8 Å². The highest BCUT2D eigenvalue weighted by Crippen LogP contribution is 2.30. The minimum Gasteiger partial charge on any atom is -0.327 e. The number of aryl methyl sites for hydroxylation is 1. The first kappa shape index (κ1) is 13.6. The van der Waals surface area contributed by atoms with Crippen molar-refractivity contribution < 1.29 is 4.79 Å². The molecule has 1 saturated carbocycles. The van der Waals surface area contributed by atoms with Gasteiger partial charge in [0, 0.05) is 17.6 Å². The van der Waals surface area contributed by atoms with Crippen molar-refractivity contribution in [1.29, 1.82) is 0 Å². The van der Waals surface area contributed by atoms with Gasteiger partial charge in [-0.2, -0.15) is 0 Å². The molecule has 1 aromatic heterocycles. The minimum atomic E-state index is 0.0153. The Balaban J connectivity index is 2.01. The highest BCUT2D eigenvalue weighted by atomic mass is 16.2. The molecule has 0 spiro atoms. The van der Waals surface area contributed by atoms with Crippen LogP contribution < -0.4 is 0 Å². The van der Waals surface area contributed by atoms with Crippen LogP contribution in [-0.2, 0) is 0 Å². The predicted octanol–water partition coefficient (Wildman–Crippen LogP) is 3.03. The zero-order valence-electron chi connectivity index (χ0n) is 12.2. The van der Waals surface area contributed by atoms with Crippen molar-refractivity contribution in [3.63, 3.8) is 0 Å². The lowest BCUT2D eigenvalue weighted by molar-refractivity contribution is 0.0771. The maximum atomic E-state index is 12.9. The van der Waals surface area contributed by atoms with Gasteiger partial charge < -0.3 is 4.90 Å². The Morgan fingerprint density at radius 1 is 1.43 bits per heavy atom.